The third-order valence-corrected chi connectivity index (χ3v) is 1.81. The van der Waals surface area contributed by atoms with E-state index in [2.05, 4.69) is 18.2 Å². The first-order chi connectivity index (χ1) is 6.54. The maximum Gasteiger partial charge on any atom is 0.144 e. The number of nitrogens with zero attached hydrogens (tertiary/aromatic N) is 1. The number of halogens is 1. The molecule has 0 heterocycles. The molecular formula is C12H16FN. The van der Waals surface area contributed by atoms with Crippen LogP contribution < -0.4 is 0 Å². The summed E-state index contributed by atoms with van der Waals surface area (Å²) in [6.45, 7) is 11.1. The van der Waals surface area contributed by atoms with Gasteiger partial charge in [-0.05, 0) is 30.6 Å². The molecule has 0 aliphatic heterocycles. The Hall–Kier alpha value is -1.44. The van der Waals surface area contributed by atoms with Crippen LogP contribution in [0.2, 0.25) is 0 Å². The van der Waals surface area contributed by atoms with Crippen molar-refractivity contribution in [2.45, 2.75) is 13.8 Å². The number of rotatable bonds is 4. The topological polar surface area (TPSA) is 12.4 Å². The highest BCUT2D eigenvalue weighted by molar-refractivity contribution is 5.78. The fraction of sp³-hybridized carbons (Fsp3) is 0.250. The molecule has 0 unspecified atom stereocenters. The molecule has 0 aliphatic carbocycles. The van der Waals surface area contributed by atoms with Crippen molar-refractivity contribution in [3.63, 3.8) is 0 Å². The van der Waals surface area contributed by atoms with Crippen LogP contribution in [0.15, 0.2) is 52.8 Å². The van der Waals surface area contributed by atoms with Gasteiger partial charge in [-0.2, -0.15) is 0 Å². The molecule has 0 spiro atoms. The lowest BCUT2D eigenvalue weighted by atomic mass is 10.0. The zero-order chi connectivity index (χ0) is 11.1. The zero-order valence-corrected chi connectivity index (χ0v) is 8.97. The summed E-state index contributed by atoms with van der Waals surface area (Å²) in [6, 6.07) is 0. The lowest BCUT2D eigenvalue weighted by molar-refractivity contribution is 0.676. The zero-order valence-electron chi connectivity index (χ0n) is 8.97. The molecule has 0 atom stereocenters. The SMILES string of the molecule is C=C(/C=C\C)C(=C)/C(C)=C(\F)C=NC. The number of allylic oxidation sites excluding steroid dienone is 6. The predicted octanol–water partition coefficient (Wildman–Crippen LogP) is 3.62. The van der Waals surface area contributed by atoms with Crippen LogP contribution in [0, 0.1) is 0 Å². The van der Waals surface area contributed by atoms with E-state index in [0.717, 1.165) is 0 Å². The molecule has 0 amide bonds. The van der Waals surface area contributed by atoms with Crippen LogP contribution in [-0.2, 0) is 0 Å². The fourth-order valence-corrected chi connectivity index (χ4v) is 0.897. The second-order valence-corrected chi connectivity index (χ2v) is 2.86. The number of aliphatic imine (C=N–C) groups is 1. The molecule has 14 heavy (non-hydrogen) atoms. The van der Waals surface area contributed by atoms with E-state index in [1.54, 1.807) is 13.0 Å². The molecule has 0 saturated heterocycles. The van der Waals surface area contributed by atoms with E-state index in [9.17, 15) is 4.39 Å². The highest BCUT2D eigenvalue weighted by Crippen LogP contribution is 2.20. The molecule has 0 aliphatic rings. The molecule has 0 N–H and O–H groups in total. The molecule has 0 fully saturated rings. The van der Waals surface area contributed by atoms with E-state index in [1.165, 1.54) is 13.3 Å². The highest BCUT2D eigenvalue weighted by Gasteiger charge is 2.04. The molecule has 0 saturated carbocycles. The van der Waals surface area contributed by atoms with Crippen LogP contribution in [0.1, 0.15) is 13.8 Å². The molecule has 0 rings (SSSR count). The Morgan fingerprint density at radius 1 is 1.36 bits per heavy atom. The second kappa shape index (κ2) is 6.08. The van der Waals surface area contributed by atoms with Crippen LogP contribution >= 0.6 is 0 Å². The first kappa shape index (κ1) is 12.6. The summed E-state index contributed by atoms with van der Waals surface area (Å²) in [5.74, 6) is -0.372. The largest absolute Gasteiger partial charge is 0.293 e. The molecule has 2 heteroatoms. The Balaban J connectivity index is 4.87. The summed E-state index contributed by atoms with van der Waals surface area (Å²) >= 11 is 0. The Bertz CT molecular complexity index is 319. The van der Waals surface area contributed by atoms with Gasteiger partial charge in [0.2, 0.25) is 0 Å². The van der Waals surface area contributed by atoms with Crippen LogP contribution in [0.3, 0.4) is 0 Å². The van der Waals surface area contributed by atoms with Gasteiger partial charge in [0.15, 0.2) is 0 Å². The Morgan fingerprint density at radius 2 is 1.93 bits per heavy atom. The van der Waals surface area contributed by atoms with Crippen molar-refractivity contribution in [2.75, 3.05) is 7.05 Å². The Kier molecular flexibility index (Phi) is 5.46. The Labute approximate surface area is 85.1 Å². The third-order valence-electron chi connectivity index (χ3n) is 1.81. The van der Waals surface area contributed by atoms with Crippen LogP contribution in [0.25, 0.3) is 0 Å². The van der Waals surface area contributed by atoms with E-state index < -0.39 is 0 Å². The van der Waals surface area contributed by atoms with Crippen molar-refractivity contribution in [1.82, 2.24) is 0 Å². The van der Waals surface area contributed by atoms with E-state index >= 15 is 0 Å². The molecule has 0 bridgehead atoms. The van der Waals surface area contributed by atoms with Crippen LogP contribution in [0.4, 0.5) is 4.39 Å². The summed E-state index contributed by atoms with van der Waals surface area (Å²) < 4.78 is 13.3. The second-order valence-electron chi connectivity index (χ2n) is 2.86. The van der Waals surface area contributed by atoms with Crippen LogP contribution in [0.5, 0.6) is 0 Å². The van der Waals surface area contributed by atoms with Crippen molar-refractivity contribution in [3.05, 3.63) is 47.9 Å². The molecule has 0 aromatic heterocycles. The van der Waals surface area contributed by atoms with Gasteiger partial charge in [-0.25, -0.2) is 4.39 Å². The van der Waals surface area contributed by atoms with E-state index in [-0.39, 0.29) is 5.83 Å². The minimum absolute atomic E-state index is 0.372. The number of hydrogen-bond acceptors (Lipinski definition) is 1. The standard InChI is InChI=1S/C12H16FN/c1-6-7-9(2)10(3)11(4)12(13)8-14-5/h6-8H,2-3H2,1,4-5H3/b7-6-,12-11-,14-8?. The van der Waals surface area contributed by atoms with Gasteiger partial charge in [-0.15, -0.1) is 0 Å². The van der Waals surface area contributed by atoms with Gasteiger partial charge in [0.05, 0.1) is 6.21 Å². The molecule has 76 valence electrons. The smallest absolute Gasteiger partial charge is 0.144 e. The third kappa shape index (κ3) is 3.52. The van der Waals surface area contributed by atoms with E-state index in [0.29, 0.717) is 16.7 Å². The van der Waals surface area contributed by atoms with Gasteiger partial charge < -0.3 is 0 Å². The summed E-state index contributed by atoms with van der Waals surface area (Å²) in [7, 11) is 1.52. The molecular weight excluding hydrogens is 177 g/mol. The lowest BCUT2D eigenvalue weighted by Gasteiger charge is -2.05. The monoisotopic (exact) mass is 193 g/mol. The normalized spacial score (nSPS) is 13.4. The summed E-state index contributed by atoms with van der Waals surface area (Å²) in [5, 5.41) is 0. The van der Waals surface area contributed by atoms with Crippen LogP contribution in [-0.4, -0.2) is 13.3 Å². The van der Waals surface area contributed by atoms with Gasteiger partial charge >= 0.3 is 0 Å². The average molecular weight is 193 g/mol. The summed E-state index contributed by atoms with van der Waals surface area (Å²) in [4.78, 5) is 3.60. The van der Waals surface area contributed by atoms with E-state index in [1.807, 2.05) is 13.0 Å². The average Bonchev–Trinajstić information content (AvgIpc) is 2.16. The fourth-order valence-electron chi connectivity index (χ4n) is 0.897. The summed E-state index contributed by atoms with van der Waals surface area (Å²) in [6.07, 6.45) is 4.80. The van der Waals surface area contributed by atoms with Gasteiger partial charge in [-0.3, -0.25) is 4.99 Å². The summed E-state index contributed by atoms with van der Waals surface area (Å²) in [5.41, 5.74) is 1.78. The quantitative estimate of drug-likeness (QED) is 0.477. The van der Waals surface area contributed by atoms with Crippen molar-refractivity contribution >= 4 is 6.21 Å². The first-order valence-electron chi connectivity index (χ1n) is 4.34. The van der Waals surface area contributed by atoms with Gasteiger partial charge in [0.25, 0.3) is 0 Å². The van der Waals surface area contributed by atoms with Crippen molar-refractivity contribution in [3.8, 4) is 0 Å². The molecule has 1 nitrogen and oxygen atoms in total. The molecule has 0 aromatic rings. The maximum absolute atomic E-state index is 13.3. The van der Waals surface area contributed by atoms with Crippen molar-refractivity contribution in [1.29, 1.82) is 0 Å². The molecule has 0 radical (unpaired) electrons. The molecule has 0 aromatic carbocycles. The first-order valence-corrected chi connectivity index (χ1v) is 4.34. The maximum atomic E-state index is 13.3. The lowest BCUT2D eigenvalue weighted by Crippen LogP contribution is -1.90. The number of hydrogen-bond donors (Lipinski definition) is 0. The Morgan fingerprint density at radius 3 is 2.36 bits per heavy atom. The van der Waals surface area contributed by atoms with Gasteiger partial charge in [0.1, 0.15) is 5.83 Å². The van der Waals surface area contributed by atoms with E-state index in [4.69, 9.17) is 0 Å². The van der Waals surface area contributed by atoms with Crippen molar-refractivity contribution in [2.24, 2.45) is 4.99 Å². The van der Waals surface area contributed by atoms with Crippen molar-refractivity contribution < 1.29 is 4.39 Å². The minimum atomic E-state index is -0.372. The van der Waals surface area contributed by atoms with Gasteiger partial charge in [0, 0.05) is 7.05 Å². The highest BCUT2D eigenvalue weighted by atomic mass is 19.1. The van der Waals surface area contributed by atoms with Gasteiger partial charge in [-0.1, -0.05) is 25.3 Å². The minimum Gasteiger partial charge on any atom is -0.293 e. The predicted molar refractivity (Wildman–Crippen MR) is 61.3 cm³/mol.